The van der Waals surface area contributed by atoms with Gasteiger partial charge in [-0.05, 0) is 43.4 Å². The fraction of sp³-hybridized carbons (Fsp3) is 0.278. The Morgan fingerprint density at radius 1 is 1.19 bits per heavy atom. The van der Waals surface area contributed by atoms with E-state index in [1.807, 2.05) is 42.5 Å². The molecule has 8 heteroatoms. The first-order chi connectivity index (χ1) is 12.3. The molecule has 6 nitrogen and oxygen atoms in total. The number of benzene rings is 1. The molecule has 0 bridgehead atoms. The summed E-state index contributed by atoms with van der Waals surface area (Å²) < 4.78 is 5.48. The van der Waals surface area contributed by atoms with Gasteiger partial charge in [0.15, 0.2) is 5.82 Å². The SMILES string of the molecule is CN1CCNCC1c1noc(-c2ccc(Sc3ccccn3)cc2)n1.Cl. The molecule has 0 spiro atoms. The molecule has 1 aliphatic heterocycles. The number of halogens is 1. The molecule has 3 aromatic rings. The minimum Gasteiger partial charge on any atom is -0.334 e. The molecule has 0 aliphatic carbocycles. The van der Waals surface area contributed by atoms with Crippen LogP contribution in [0.5, 0.6) is 0 Å². The zero-order valence-electron chi connectivity index (χ0n) is 14.3. The molecule has 1 atom stereocenters. The van der Waals surface area contributed by atoms with Crippen LogP contribution in [0.4, 0.5) is 0 Å². The lowest BCUT2D eigenvalue weighted by molar-refractivity contribution is 0.190. The quantitative estimate of drug-likeness (QED) is 0.734. The molecule has 4 rings (SSSR count). The number of hydrogen-bond acceptors (Lipinski definition) is 7. The van der Waals surface area contributed by atoms with Gasteiger partial charge in [0.1, 0.15) is 5.03 Å². The third-order valence-electron chi connectivity index (χ3n) is 4.21. The van der Waals surface area contributed by atoms with Crippen molar-refractivity contribution in [2.75, 3.05) is 26.7 Å². The van der Waals surface area contributed by atoms with Crippen LogP contribution in [0.15, 0.2) is 63.1 Å². The van der Waals surface area contributed by atoms with Gasteiger partial charge in [-0.2, -0.15) is 4.98 Å². The molecular weight excluding hydrogens is 370 g/mol. The predicted octanol–water partition coefficient (Wildman–Crippen LogP) is 3.28. The van der Waals surface area contributed by atoms with Gasteiger partial charge in [-0.3, -0.25) is 4.90 Å². The van der Waals surface area contributed by atoms with Crippen LogP contribution in [0, 0.1) is 0 Å². The van der Waals surface area contributed by atoms with Crippen molar-refractivity contribution in [3.8, 4) is 11.5 Å². The zero-order chi connectivity index (χ0) is 17.1. The lowest BCUT2D eigenvalue weighted by Gasteiger charge is -2.30. The molecule has 1 unspecified atom stereocenters. The van der Waals surface area contributed by atoms with Gasteiger partial charge in [0.05, 0.1) is 6.04 Å². The van der Waals surface area contributed by atoms with Gasteiger partial charge in [0, 0.05) is 36.3 Å². The Morgan fingerprint density at radius 3 is 2.77 bits per heavy atom. The molecule has 1 aliphatic rings. The number of hydrogen-bond donors (Lipinski definition) is 1. The van der Waals surface area contributed by atoms with Gasteiger partial charge < -0.3 is 9.84 Å². The molecule has 136 valence electrons. The van der Waals surface area contributed by atoms with Gasteiger partial charge in [-0.25, -0.2) is 4.98 Å². The number of likely N-dealkylation sites (N-methyl/N-ethyl adjacent to an activating group) is 1. The van der Waals surface area contributed by atoms with Crippen molar-refractivity contribution in [3.63, 3.8) is 0 Å². The lowest BCUT2D eigenvalue weighted by atomic mass is 10.2. The van der Waals surface area contributed by atoms with Crippen molar-refractivity contribution in [1.82, 2.24) is 25.3 Å². The molecule has 26 heavy (non-hydrogen) atoms. The average molecular weight is 390 g/mol. The summed E-state index contributed by atoms with van der Waals surface area (Å²) in [4.78, 5) is 12.3. The van der Waals surface area contributed by atoms with Crippen LogP contribution < -0.4 is 5.32 Å². The number of rotatable bonds is 4. The third kappa shape index (κ3) is 4.24. The van der Waals surface area contributed by atoms with Crippen LogP contribution in [0.2, 0.25) is 0 Å². The van der Waals surface area contributed by atoms with Crippen molar-refractivity contribution >= 4 is 24.2 Å². The van der Waals surface area contributed by atoms with Crippen molar-refractivity contribution in [2.45, 2.75) is 16.0 Å². The van der Waals surface area contributed by atoms with Gasteiger partial charge in [0.25, 0.3) is 5.89 Å². The predicted molar refractivity (Wildman–Crippen MR) is 104 cm³/mol. The van der Waals surface area contributed by atoms with E-state index in [0.29, 0.717) is 5.89 Å². The second-order valence-electron chi connectivity index (χ2n) is 5.95. The summed E-state index contributed by atoms with van der Waals surface area (Å²) >= 11 is 1.63. The van der Waals surface area contributed by atoms with Crippen LogP contribution in [-0.2, 0) is 0 Å². The van der Waals surface area contributed by atoms with Crippen molar-refractivity contribution in [3.05, 3.63) is 54.5 Å². The zero-order valence-corrected chi connectivity index (χ0v) is 16.0. The van der Waals surface area contributed by atoms with E-state index in [9.17, 15) is 0 Å². The Bertz CT molecular complexity index is 827. The Labute approximate surface area is 162 Å². The van der Waals surface area contributed by atoms with Gasteiger partial charge in [0.2, 0.25) is 0 Å². The topological polar surface area (TPSA) is 67.1 Å². The highest BCUT2D eigenvalue weighted by Gasteiger charge is 2.25. The van der Waals surface area contributed by atoms with E-state index < -0.39 is 0 Å². The van der Waals surface area contributed by atoms with Gasteiger partial charge in [-0.15, -0.1) is 12.4 Å². The maximum absolute atomic E-state index is 5.48. The highest BCUT2D eigenvalue weighted by molar-refractivity contribution is 7.99. The average Bonchev–Trinajstić information content (AvgIpc) is 3.13. The van der Waals surface area contributed by atoms with Crippen LogP contribution in [-0.4, -0.2) is 46.7 Å². The number of piperazine rings is 1. The molecule has 1 fully saturated rings. The molecule has 0 amide bonds. The van der Waals surface area contributed by atoms with E-state index in [2.05, 4.69) is 32.4 Å². The highest BCUT2D eigenvalue weighted by Crippen LogP contribution is 2.28. The van der Waals surface area contributed by atoms with E-state index in [-0.39, 0.29) is 18.4 Å². The van der Waals surface area contributed by atoms with Crippen molar-refractivity contribution in [1.29, 1.82) is 0 Å². The third-order valence-corrected chi connectivity index (χ3v) is 5.17. The Kier molecular flexibility index (Phi) is 6.26. The second-order valence-corrected chi connectivity index (χ2v) is 7.05. The summed E-state index contributed by atoms with van der Waals surface area (Å²) in [6.45, 7) is 2.82. The second kappa shape index (κ2) is 8.64. The number of nitrogens with one attached hydrogen (secondary N) is 1. The van der Waals surface area contributed by atoms with Crippen LogP contribution in [0.3, 0.4) is 0 Å². The van der Waals surface area contributed by atoms with E-state index in [4.69, 9.17) is 4.52 Å². The van der Waals surface area contributed by atoms with Crippen molar-refractivity contribution in [2.24, 2.45) is 0 Å². The standard InChI is InChI=1S/C18H19N5OS.ClH/c1-23-11-10-19-12-15(23)17-21-18(24-22-17)13-5-7-14(8-6-13)25-16-4-2-3-9-20-16;/h2-9,15,19H,10-12H2,1H3;1H. The van der Waals surface area contributed by atoms with Gasteiger partial charge >= 0.3 is 0 Å². The molecule has 1 N–H and O–H groups in total. The summed E-state index contributed by atoms with van der Waals surface area (Å²) in [5, 5.41) is 8.52. The normalized spacial score (nSPS) is 17.7. The minimum atomic E-state index is 0. The lowest BCUT2D eigenvalue weighted by Crippen LogP contribution is -2.44. The van der Waals surface area contributed by atoms with E-state index >= 15 is 0 Å². The fourth-order valence-electron chi connectivity index (χ4n) is 2.78. The van der Waals surface area contributed by atoms with E-state index in [0.717, 1.165) is 40.9 Å². The first-order valence-corrected chi connectivity index (χ1v) is 9.05. The molecule has 1 saturated heterocycles. The first kappa shape index (κ1) is 18.8. The van der Waals surface area contributed by atoms with Crippen LogP contribution >= 0.6 is 24.2 Å². The number of pyridine rings is 1. The maximum Gasteiger partial charge on any atom is 0.257 e. The fourth-order valence-corrected chi connectivity index (χ4v) is 3.55. The summed E-state index contributed by atoms with van der Waals surface area (Å²) in [6, 6.07) is 14.2. The van der Waals surface area contributed by atoms with Crippen LogP contribution in [0.25, 0.3) is 11.5 Å². The molecule has 1 aromatic carbocycles. The molecule has 2 aromatic heterocycles. The monoisotopic (exact) mass is 389 g/mol. The summed E-state index contributed by atoms with van der Waals surface area (Å²) in [6.07, 6.45) is 1.80. The Hall–Kier alpha value is -1.93. The van der Waals surface area contributed by atoms with Crippen molar-refractivity contribution < 1.29 is 4.52 Å². The largest absolute Gasteiger partial charge is 0.334 e. The molecule has 0 saturated carbocycles. The number of nitrogens with zero attached hydrogens (tertiary/aromatic N) is 4. The van der Waals surface area contributed by atoms with E-state index in [1.165, 1.54) is 0 Å². The maximum atomic E-state index is 5.48. The molecular formula is C18H20ClN5OS. The smallest absolute Gasteiger partial charge is 0.257 e. The Morgan fingerprint density at radius 2 is 2.04 bits per heavy atom. The molecule has 3 heterocycles. The van der Waals surface area contributed by atoms with Crippen LogP contribution in [0.1, 0.15) is 11.9 Å². The minimum absolute atomic E-state index is 0. The first-order valence-electron chi connectivity index (χ1n) is 8.23. The summed E-state index contributed by atoms with van der Waals surface area (Å²) in [5.41, 5.74) is 0.926. The summed E-state index contributed by atoms with van der Waals surface area (Å²) in [5.74, 6) is 1.29. The summed E-state index contributed by atoms with van der Waals surface area (Å²) in [7, 11) is 2.09. The van der Waals surface area contributed by atoms with E-state index in [1.54, 1.807) is 18.0 Å². The number of aromatic nitrogens is 3. The Balaban J connectivity index is 0.00000196. The molecule has 0 radical (unpaired) electrons. The van der Waals surface area contributed by atoms with Gasteiger partial charge in [-0.1, -0.05) is 23.0 Å². The highest BCUT2D eigenvalue weighted by atomic mass is 35.5.